The van der Waals surface area contributed by atoms with Crippen LogP contribution < -0.4 is 10.5 Å². The molecule has 0 bridgehead atoms. The van der Waals surface area contributed by atoms with Gasteiger partial charge >= 0.3 is 0 Å². The molecule has 0 saturated carbocycles. The van der Waals surface area contributed by atoms with E-state index < -0.39 is 0 Å². The topological polar surface area (TPSA) is 38.5 Å². The lowest BCUT2D eigenvalue weighted by atomic mass is 9.90. The predicted molar refractivity (Wildman–Crippen MR) is 105 cm³/mol. The number of piperidine rings is 1. The third-order valence-electron chi connectivity index (χ3n) is 5.07. The minimum Gasteiger partial charge on any atom is -0.494 e. The largest absolute Gasteiger partial charge is 0.494 e. The van der Waals surface area contributed by atoms with E-state index in [4.69, 9.17) is 10.5 Å². The second-order valence-corrected chi connectivity index (χ2v) is 7.10. The van der Waals surface area contributed by atoms with E-state index in [2.05, 4.69) is 35.2 Å². The van der Waals surface area contributed by atoms with Gasteiger partial charge in [-0.2, -0.15) is 0 Å². The van der Waals surface area contributed by atoms with Crippen LogP contribution in [0.1, 0.15) is 31.2 Å². The molecule has 3 heteroatoms. The summed E-state index contributed by atoms with van der Waals surface area (Å²) < 4.78 is 5.76. The Morgan fingerprint density at radius 1 is 0.960 bits per heavy atom. The number of likely N-dealkylation sites (tertiary alicyclic amines) is 1. The van der Waals surface area contributed by atoms with Crippen LogP contribution in [0, 0.1) is 5.92 Å². The van der Waals surface area contributed by atoms with E-state index in [0.29, 0.717) is 0 Å². The zero-order valence-electron chi connectivity index (χ0n) is 15.1. The van der Waals surface area contributed by atoms with Gasteiger partial charge in [0.05, 0.1) is 6.61 Å². The fourth-order valence-corrected chi connectivity index (χ4v) is 3.59. The van der Waals surface area contributed by atoms with Crippen molar-refractivity contribution in [3.63, 3.8) is 0 Å². The van der Waals surface area contributed by atoms with Crippen LogP contribution in [-0.2, 0) is 6.42 Å². The number of nitrogens with two attached hydrogens (primary N) is 1. The molecule has 1 heterocycles. The molecule has 25 heavy (non-hydrogen) atoms. The summed E-state index contributed by atoms with van der Waals surface area (Å²) in [4.78, 5) is 2.61. The summed E-state index contributed by atoms with van der Waals surface area (Å²) in [7, 11) is 0. The lowest BCUT2D eigenvalue weighted by Gasteiger charge is -2.32. The van der Waals surface area contributed by atoms with Crippen LogP contribution in [0.25, 0.3) is 0 Å². The van der Waals surface area contributed by atoms with Gasteiger partial charge in [0, 0.05) is 11.8 Å². The highest BCUT2D eigenvalue weighted by atomic mass is 16.5. The molecule has 0 aromatic heterocycles. The number of hydrogen-bond donors (Lipinski definition) is 1. The van der Waals surface area contributed by atoms with Gasteiger partial charge in [0.2, 0.25) is 0 Å². The predicted octanol–water partition coefficient (Wildman–Crippen LogP) is 4.38. The first-order chi connectivity index (χ1) is 12.3. The Morgan fingerprint density at radius 3 is 2.52 bits per heavy atom. The zero-order valence-corrected chi connectivity index (χ0v) is 15.1. The van der Waals surface area contributed by atoms with Gasteiger partial charge in [-0.15, -0.1) is 0 Å². The van der Waals surface area contributed by atoms with Gasteiger partial charge in [0.25, 0.3) is 0 Å². The average molecular weight is 338 g/mol. The summed E-state index contributed by atoms with van der Waals surface area (Å²) in [5.74, 6) is 1.73. The van der Waals surface area contributed by atoms with E-state index in [-0.39, 0.29) is 0 Å². The van der Waals surface area contributed by atoms with Crippen molar-refractivity contribution in [2.75, 3.05) is 32.0 Å². The lowest BCUT2D eigenvalue weighted by molar-refractivity contribution is 0.177. The first-order valence-corrected chi connectivity index (χ1v) is 9.54. The van der Waals surface area contributed by atoms with Crippen LogP contribution in [0.3, 0.4) is 0 Å². The Kier molecular flexibility index (Phi) is 6.75. The Hall–Kier alpha value is -2.00. The smallest absolute Gasteiger partial charge is 0.121 e. The van der Waals surface area contributed by atoms with Gasteiger partial charge in [0.15, 0.2) is 0 Å². The van der Waals surface area contributed by atoms with E-state index >= 15 is 0 Å². The van der Waals surface area contributed by atoms with Gasteiger partial charge < -0.3 is 15.4 Å². The first-order valence-electron chi connectivity index (χ1n) is 9.54. The standard InChI is InChI=1S/C22H30N2O/c23-21-9-6-10-22(18-21)25-16-5-4-13-24-14-11-20(12-15-24)17-19-7-2-1-3-8-19/h1-3,6-10,18,20H,4-5,11-17,23H2. The number of anilines is 1. The second kappa shape index (κ2) is 9.47. The van der Waals surface area contributed by atoms with Crippen molar-refractivity contribution < 1.29 is 4.74 Å². The molecule has 1 aliphatic heterocycles. The van der Waals surface area contributed by atoms with Crippen molar-refractivity contribution >= 4 is 5.69 Å². The van der Waals surface area contributed by atoms with E-state index in [1.807, 2.05) is 24.3 Å². The van der Waals surface area contributed by atoms with Crippen molar-refractivity contribution in [2.45, 2.75) is 32.1 Å². The van der Waals surface area contributed by atoms with Gasteiger partial charge in [0.1, 0.15) is 5.75 Å². The molecule has 0 aliphatic carbocycles. The fourth-order valence-electron chi connectivity index (χ4n) is 3.59. The number of nitrogen functional groups attached to an aromatic ring is 1. The summed E-state index contributed by atoms with van der Waals surface area (Å²) in [6.45, 7) is 4.45. The third-order valence-corrected chi connectivity index (χ3v) is 5.07. The summed E-state index contributed by atoms with van der Waals surface area (Å²) in [5, 5.41) is 0. The Balaban J connectivity index is 1.27. The van der Waals surface area contributed by atoms with E-state index in [9.17, 15) is 0 Å². The van der Waals surface area contributed by atoms with Crippen molar-refractivity contribution in [1.82, 2.24) is 4.90 Å². The number of ether oxygens (including phenoxy) is 1. The van der Waals surface area contributed by atoms with Crippen LogP contribution in [-0.4, -0.2) is 31.1 Å². The molecule has 0 unspecified atom stereocenters. The Labute approximate surface area is 151 Å². The van der Waals surface area contributed by atoms with E-state index in [0.717, 1.165) is 30.4 Å². The van der Waals surface area contributed by atoms with Crippen molar-refractivity contribution in [3.8, 4) is 5.75 Å². The van der Waals surface area contributed by atoms with Crippen LogP contribution in [0.2, 0.25) is 0 Å². The normalized spacial score (nSPS) is 16.0. The molecule has 1 aliphatic rings. The Bertz CT molecular complexity index is 621. The number of benzene rings is 2. The lowest BCUT2D eigenvalue weighted by Crippen LogP contribution is -2.35. The van der Waals surface area contributed by atoms with Crippen LogP contribution >= 0.6 is 0 Å². The highest BCUT2D eigenvalue weighted by Crippen LogP contribution is 2.22. The van der Waals surface area contributed by atoms with Crippen LogP contribution in [0.15, 0.2) is 54.6 Å². The molecule has 2 N–H and O–H groups in total. The molecule has 1 saturated heterocycles. The number of nitrogens with zero attached hydrogens (tertiary/aromatic N) is 1. The van der Waals surface area contributed by atoms with Gasteiger partial charge in [-0.05, 0) is 75.4 Å². The summed E-state index contributed by atoms with van der Waals surface area (Å²) in [6.07, 6.45) is 6.19. The minimum atomic E-state index is 0.760. The number of unbranched alkanes of at least 4 members (excludes halogenated alkanes) is 1. The molecule has 0 amide bonds. The summed E-state index contributed by atoms with van der Waals surface area (Å²) in [6, 6.07) is 18.6. The van der Waals surface area contributed by atoms with Crippen molar-refractivity contribution in [1.29, 1.82) is 0 Å². The molecule has 2 aromatic rings. The van der Waals surface area contributed by atoms with Crippen molar-refractivity contribution in [2.24, 2.45) is 5.92 Å². The van der Waals surface area contributed by atoms with Crippen LogP contribution in [0.4, 0.5) is 5.69 Å². The van der Waals surface area contributed by atoms with E-state index in [1.165, 1.54) is 50.9 Å². The number of hydrogen-bond acceptors (Lipinski definition) is 3. The molecule has 0 atom stereocenters. The SMILES string of the molecule is Nc1cccc(OCCCCN2CCC(Cc3ccccc3)CC2)c1. The second-order valence-electron chi connectivity index (χ2n) is 7.10. The first kappa shape index (κ1) is 17.8. The summed E-state index contributed by atoms with van der Waals surface area (Å²) >= 11 is 0. The zero-order chi connectivity index (χ0) is 17.3. The third kappa shape index (κ3) is 6.09. The fraction of sp³-hybridized carbons (Fsp3) is 0.455. The van der Waals surface area contributed by atoms with E-state index in [1.54, 1.807) is 0 Å². The quantitative estimate of drug-likeness (QED) is 0.573. The molecule has 0 radical (unpaired) electrons. The molecule has 1 fully saturated rings. The monoisotopic (exact) mass is 338 g/mol. The van der Waals surface area contributed by atoms with Gasteiger partial charge in [-0.1, -0.05) is 36.4 Å². The average Bonchev–Trinajstić information content (AvgIpc) is 2.64. The summed E-state index contributed by atoms with van der Waals surface area (Å²) in [5.41, 5.74) is 8.01. The van der Waals surface area contributed by atoms with Crippen LogP contribution in [0.5, 0.6) is 5.75 Å². The molecular weight excluding hydrogens is 308 g/mol. The molecule has 134 valence electrons. The molecule has 2 aromatic carbocycles. The van der Waals surface area contributed by atoms with Gasteiger partial charge in [-0.25, -0.2) is 0 Å². The minimum absolute atomic E-state index is 0.760. The number of rotatable bonds is 8. The molecule has 3 nitrogen and oxygen atoms in total. The Morgan fingerprint density at radius 2 is 1.76 bits per heavy atom. The molecular formula is C22H30N2O. The van der Waals surface area contributed by atoms with Gasteiger partial charge in [-0.3, -0.25) is 0 Å². The highest BCUT2D eigenvalue weighted by Gasteiger charge is 2.18. The maximum atomic E-state index is 5.76. The van der Waals surface area contributed by atoms with Crippen molar-refractivity contribution in [3.05, 3.63) is 60.2 Å². The molecule has 0 spiro atoms. The highest BCUT2D eigenvalue weighted by molar-refractivity contribution is 5.43. The maximum Gasteiger partial charge on any atom is 0.121 e. The molecule has 3 rings (SSSR count). The maximum absolute atomic E-state index is 5.76.